The van der Waals surface area contributed by atoms with Gasteiger partial charge in [0.05, 0.1) is 6.04 Å². The largest absolute Gasteiger partial charge is 0.481 e. The lowest BCUT2D eigenvalue weighted by Gasteiger charge is -2.23. The molecule has 2 aromatic rings. The second-order valence-corrected chi connectivity index (χ2v) is 6.89. The Labute approximate surface area is 151 Å². The molecule has 8 nitrogen and oxygen atoms in total. The fourth-order valence-corrected chi connectivity index (χ4v) is 2.32. The Hall–Kier alpha value is -2.90. The van der Waals surface area contributed by atoms with Crippen LogP contribution in [0.4, 0.5) is 4.79 Å². The number of aliphatic carboxylic acids is 1. The zero-order valence-corrected chi connectivity index (χ0v) is 15.3. The maximum Gasteiger partial charge on any atom is 0.408 e. The lowest BCUT2D eigenvalue weighted by molar-refractivity contribution is -0.137. The molecule has 1 amide bonds. The molecule has 8 heteroatoms. The van der Waals surface area contributed by atoms with E-state index in [-0.39, 0.29) is 12.8 Å². The molecule has 2 rings (SSSR count). The molecule has 26 heavy (non-hydrogen) atoms. The van der Waals surface area contributed by atoms with Crippen molar-refractivity contribution in [2.24, 2.45) is 0 Å². The second-order valence-electron chi connectivity index (χ2n) is 6.89. The lowest BCUT2D eigenvalue weighted by atomic mass is 10.0. The number of aryl methyl sites for hydroxylation is 1. The normalized spacial score (nSPS) is 12.5. The first-order chi connectivity index (χ1) is 12.1. The number of benzene rings is 1. The van der Waals surface area contributed by atoms with Gasteiger partial charge in [-0.1, -0.05) is 29.4 Å². The van der Waals surface area contributed by atoms with Crippen LogP contribution in [0.3, 0.4) is 0 Å². The molecule has 0 bridgehead atoms. The zero-order valence-electron chi connectivity index (χ0n) is 15.3. The Morgan fingerprint density at radius 1 is 1.27 bits per heavy atom. The van der Waals surface area contributed by atoms with Crippen molar-refractivity contribution >= 4 is 12.1 Å². The van der Waals surface area contributed by atoms with Crippen molar-refractivity contribution in [2.45, 2.75) is 52.2 Å². The van der Waals surface area contributed by atoms with E-state index in [0.29, 0.717) is 11.7 Å². The van der Waals surface area contributed by atoms with Crippen molar-refractivity contribution in [1.82, 2.24) is 15.5 Å². The minimum Gasteiger partial charge on any atom is -0.481 e. The quantitative estimate of drug-likeness (QED) is 0.809. The standard InChI is InChI=1S/C18H23N3O5/c1-11-19-16(21-26-11)13-7-5-12(6-8-13)14(9-10-15(22)23)20-17(24)25-18(2,3)4/h5-8,14H,9-10H2,1-4H3,(H,20,24)(H,22,23). The number of nitrogens with one attached hydrogen (secondary N) is 1. The molecule has 0 saturated heterocycles. The molecular formula is C18H23N3O5. The van der Waals surface area contributed by atoms with Crippen LogP contribution in [0.2, 0.25) is 0 Å². The van der Waals surface area contributed by atoms with Gasteiger partial charge in [-0.05, 0) is 32.8 Å². The van der Waals surface area contributed by atoms with Crippen LogP contribution >= 0.6 is 0 Å². The Morgan fingerprint density at radius 3 is 2.42 bits per heavy atom. The van der Waals surface area contributed by atoms with Gasteiger partial charge in [-0.15, -0.1) is 0 Å². The number of carbonyl (C=O) groups excluding carboxylic acids is 1. The lowest BCUT2D eigenvalue weighted by Crippen LogP contribution is -2.35. The summed E-state index contributed by atoms with van der Waals surface area (Å²) in [6, 6.07) is 6.70. The van der Waals surface area contributed by atoms with Crippen molar-refractivity contribution < 1.29 is 24.0 Å². The SMILES string of the molecule is Cc1nc(-c2ccc(C(CCC(=O)O)NC(=O)OC(C)(C)C)cc2)no1. The number of alkyl carbamates (subject to hydrolysis) is 1. The first-order valence-electron chi connectivity index (χ1n) is 8.26. The van der Waals surface area contributed by atoms with Crippen LogP contribution in [0.5, 0.6) is 0 Å². The van der Waals surface area contributed by atoms with Crippen LogP contribution in [0.15, 0.2) is 28.8 Å². The average Bonchev–Trinajstić information content (AvgIpc) is 2.96. The molecule has 1 heterocycles. The average molecular weight is 361 g/mol. The number of aromatic nitrogens is 2. The Morgan fingerprint density at radius 2 is 1.92 bits per heavy atom. The Bertz CT molecular complexity index is 762. The number of ether oxygens (including phenoxy) is 1. The van der Waals surface area contributed by atoms with Crippen molar-refractivity contribution in [1.29, 1.82) is 0 Å². The number of nitrogens with zero attached hydrogens (tertiary/aromatic N) is 2. The summed E-state index contributed by atoms with van der Waals surface area (Å²) in [7, 11) is 0. The third-order valence-electron chi connectivity index (χ3n) is 3.44. The van der Waals surface area contributed by atoms with Crippen molar-refractivity contribution in [3.63, 3.8) is 0 Å². The Balaban J connectivity index is 2.15. The van der Waals surface area contributed by atoms with E-state index in [1.807, 2.05) is 0 Å². The van der Waals surface area contributed by atoms with Gasteiger partial charge in [0.15, 0.2) is 0 Å². The molecule has 1 aromatic heterocycles. The number of carbonyl (C=O) groups is 2. The van der Waals surface area contributed by atoms with E-state index in [0.717, 1.165) is 11.1 Å². The minimum atomic E-state index is -0.931. The maximum absolute atomic E-state index is 12.1. The van der Waals surface area contributed by atoms with E-state index in [9.17, 15) is 9.59 Å². The summed E-state index contributed by atoms with van der Waals surface area (Å²) in [6.45, 7) is 7.00. The van der Waals surface area contributed by atoms with E-state index in [2.05, 4.69) is 15.5 Å². The van der Waals surface area contributed by atoms with Gasteiger partial charge < -0.3 is 19.7 Å². The summed E-state index contributed by atoms with van der Waals surface area (Å²) in [4.78, 5) is 27.1. The molecule has 0 saturated carbocycles. The summed E-state index contributed by atoms with van der Waals surface area (Å²) in [6.07, 6.45) is -0.424. The fourth-order valence-electron chi connectivity index (χ4n) is 2.32. The summed E-state index contributed by atoms with van der Waals surface area (Å²) >= 11 is 0. The molecule has 0 fully saturated rings. The number of amides is 1. The molecule has 0 aliphatic rings. The van der Waals surface area contributed by atoms with Crippen LogP contribution < -0.4 is 5.32 Å². The summed E-state index contributed by atoms with van der Waals surface area (Å²) < 4.78 is 10.2. The van der Waals surface area contributed by atoms with Crippen LogP contribution in [-0.2, 0) is 9.53 Å². The monoisotopic (exact) mass is 361 g/mol. The number of carboxylic acid groups (broad SMARTS) is 1. The maximum atomic E-state index is 12.1. The molecule has 0 spiro atoms. The van der Waals surface area contributed by atoms with E-state index in [1.165, 1.54) is 0 Å². The van der Waals surface area contributed by atoms with Crippen LogP contribution in [-0.4, -0.2) is 32.9 Å². The highest BCUT2D eigenvalue weighted by Gasteiger charge is 2.21. The second kappa shape index (κ2) is 7.99. The highest BCUT2D eigenvalue weighted by Crippen LogP contribution is 2.23. The predicted octanol–water partition coefficient (Wildman–Crippen LogP) is 3.48. The van der Waals surface area contributed by atoms with Crippen LogP contribution in [0, 0.1) is 6.92 Å². The first kappa shape index (κ1) is 19.4. The summed E-state index contributed by atoms with van der Waals surface area (Å²) in [5.74, 6) is 0.00567. The van der Waals surface area contributed by atoms with Gasteiger partial charge in [0, 0.05) is 18.9 Å². The molecular weight excluding hydrogens is 338 g/mol. The highest BCUT2D eigenvalue weighted by atomic mass is 16.6. The minimum absolute atomic E-state index is 0.0771. The zero-order chi connectivity index (χ0) is 19.3. The first-order valence-corrected chi connectivity index (χ1v) is 8.26. The molecule has 0 aliphatic heterocycles. The fraction of sp³-hybridized carbons (Fsp3) is 0.444. The van der Waals surface area contributed by atoms with Gasteiger partial charge in [0.1, 0.15) is 5.60 Å². The Kier molecular flexibility index (Phi) is 5.97. The molecule has 2 N–H and O–H groups in total. The van der Waals surface area contributed by atoms with E-state index < -0.39 is 23.7 Å². The van der Waals surface area contributed by atoms with Crippen molar-refractivity contribution in [3.05, 3.63) is 35.7 Å². The molecule has 1 unspecified atom stereocenters. The van der Waals surface area contributed by atoms with E-state index in [1.54, 1.807) is 52.0 Å². The van der Waals surface area contributed by atoms with Gasteiger partial charge in [-0.2, -0.15) is 4.98 Å². The van der Waals surface area contributed by atoms with Gasteiger partial charge in [-0.3, -0.25) is 4.79 Å². The van der Waals surface area contributed by atoms with Gasteiger partial charge in [0.25, 0.3) is 0 Å². The van der Waals surface area contributed by atoms with Crippen molar-refractivity contribution in [3.8, 4) is 11.4 Å². The van der Waals surface area contributed by atoms with Gasteiger partial charge >= 0.3 is 12.1 Å². The molecule has 1 aromatic carbocycles. The number of hydrogen-bond acceptors (Lipinski definition) is 6. The third-order valence-corrected chi connectivity index (χ3v) is 3.44. The summed E-state index contributed by atoms with van der Waals surface area (Å²) in [5, 5.41) is 15.5. The molecule has 0 radical (unpaired) electrons. The topological polar surface area (TPSA) is 115 Å². The molecule has 140 valence electrons. The van der Waals surface area contributed by atoms with Crippen LogP contribution in [0.25, 0.3) is 11.4 Å². The van der Waals surface area contributed by atoms with E-state index >= 15 is 0 Å². The third kappa shape index (κ3) is 5.87. The number of rotatable bonds is 6. The smallest absolute Gasteiger partial charge is 0.408 e. The number of carboxylic acids is 1. The molecule has 0 aliphatic carbocycles. The summed E-state index contributed by atoms with van der Waals surface area (Å²) in [5.41, 5.74) is 0.892. The highest BCUT2D eigenvalue weighted by molar-refractivity contribution is 5.69. The van der Waals surface area contributed by atoms with Gasteiger partial charge in [-0.25, -0.2) is 4.79 Å². The molecule has 1 atom stereocenters. The number of hydrogen-bond donors (Lipinski definition) is 2. The van der Waals surface area contributed by atoms with Crippen LogP contribution in [0.1, 0.15) is 51.1 Å². The van der Waals surface area contributed by atoms with Crippen molar-refractivity contribution in [2.75, 3.05) is 0 Å². The van der Waals surface area contributed by atoms with Gasteiger partial charge in [0.2, 0.25) is 11.7 Å². The predicted molar refractivity (Wildman–Crippen MR) is 93.5 cm³/mol. The van der Waals surface area contributed by atoms with E-state index in [4.69, 9.17) is 14.4 Å².